The van der Waals surface area contributed by atoms with E-state index in [2.05, 4.69) is 10.2 Å². The highest BCUT2D eigenvalue weighted by Crippen LogP contribution is 2.16. The lowest BCUT2D eigenvalue weighted by Crippen LogP contribution is -2.52. The first-order valence-electron chi connectivity index (χ1n) is 7.01. The molecule has 20 heavy (non-hydrogen) atoms. The maximum absolute atomic E-state index is 12.3. The van der Waals surface area contributed by atoms with Gasteiger partial charge in [0.25, 0.3) is 0 Å². The first kappa shape index (κ1) is 14.8. The number of nitrogen functional groups attached to an aromatic ring is 1. The maximum atomic E-state index is 12.3. The molecule has 3 N–H and O–H groups in total. The van der Waals surface area contributed by atoms with Gasteiger partial charge in [-0.25, -0.2) is 0 Å². The van der Waals surface area contributed by atoms with E-state index in [4.69, 9.17) is 10.5 Å². The largest absolute Gasteiger partial charge is 0.399 e. The van der Waals surface area contributed by atoms with E-state index in [1.165, 1.54) is 0 Å². The van der Waals surface area contributed by atoms with Crippen LogP contribution in [-0.4, -0.2) is 42.1 Å². The number of nitrogens with two attached hydrogens (primary N) is 1. The SMILES string of the molecule is CC(C(=O)Nc1cccc(N)c1)N1C[C@@H](C)O[C@@H](C)C1. The second kappa shape index (κ2) is 6.24. The molecule has 1 aromatic rings. The van der Waals surface area contributed by atoms with Crippen molar-refractivity contribution in [1.82, 2.24) is 4.90 Å². The van der Waals surface area contributed by atoms with Crippen molar-refractivity contribution in [1.29, 1.82) is 0 Å². The highest BCUT2D eigenvalue weighted by molar-refractivity contribution is 5.94. The molecule has 110 valence electrons. The fourth-order valence-corrected chi connectivity index (χ4v) is 2.56. The molecule has 1 unspecified atom stereocenters. The van der Waals surface area contributed by atoms with Crippen LogP contribution in [0, 0.1) is 0 Å². The van der Waals surface area contributed by atoms with Gasteiger partial charge >= 0.3 is 0 Å². The smallest absolute Gasteiger partial charge is 0.241 e. The van der Waals surface area contributed by atoms with Gasteiger partial charge in [0.05, 0.1) is 18.2 Å². The van der Waals surface area contributed by atoms with E-state index in [0.29, 0.717) is 5.69 Å². The Morgan fingerprint density at radius 1 is 1.40 bits per heavy atom. The van der Waals surface area contributed by atoms with Crippen LogP contribution in [0.15, 0.2) is 24.3 Å². The van der Waals surface area contributed by atoms with Crippen LogP contribution in [0.3, 0.4) is 0 Å². The fraction of sp³-hybridized carbons (Fsp3) is 0.533. The number of morpholine rings is 1. The van der Waals surface area contributed by atoms with Gasteiger partial charge in [-0.15, -0.1) is 0 Å². The molecule has 1 aliphatic rings. The number of benzene rings is 1. The number of amides is 1. The average molecular weight is 277 g/mol. The zero-order valence-electron chi connectivity index (χ0n) is 12.3. The van der Waals surface area contributed by atoms with Crippen molar-refractivity contribution in [3.63, 3.8) is 0 Å². The van der Waals surface area contributed by atoms with Crippen LogP contribution in [0.1, 0.15) is 20.8 Å². The molecule has 2 rings (SSSR count). The molecule has 1 heterocycles. The Labute approximate surface area is 120 Å². The minimum atomic E-state index is -0.190. The number of anilines is 2. The lowest BCUT2D eigenvalue weighted by atomic mass is 10.1. The summed E-state index contributed by atoms with van der Waals surface area (Å²) in [6, 6.07) is 7.03. The van der Waals surface area contributed by atoms with Crippen molar-refractivity contribution in [3.05, 3.63) is 24.3 Å². The van der Waals surface area contributed by atoms with Crippen LogP contribution in [-0.2, 0) is 9.53 Å². The maximum Gasteiger partial charge on any atom is 0.241 e. The molecule has 0 aliphatic carbocycles. The summed E-state index contributed by atoms with van der Waals surface area (Å²) in [4.78, 5) is 14.5. The first-order valence-corrected chi connectivity index (χ1v) is 7.01. The molecule has 0 radical (unpaired) electrons. The summed E-state index contributed by atoms with van der Waals surface area (Å²) in [6.45, 7) is 7.54. The lowest BCUT2D eigenvalue weighted by molar-refractivity contribution is -0.126. The van der Waals surface area contributed by atoms with E-state index in [0.717, 1.165) is 18.8 Å². The molecule has 0 aromatic heterocycles. The summed E-state index contributed by atoms with van der Waals surface area (Å²) in [7, 11) is 0. The van der Waals surface area contributed by atoms with E-state index in [1.807, 2.05) is 32.9 Å². The number of carbonyl (C=O) groups is 1. The standard InChI is InChI=1S/C15H23N3O2/c1-10-8-18(9-11(2)20-10)12(3)15(19)17-14-6-4-5-13(16)7-14/h4-7,10-12H,8-9,16H2,1-3H3,(H,17,19)/t10-,11+,12?. The summed E-state index contributed by atoms with van der Waals surface area (Å²) in [6.07, 6.45) is 0.308. The molecule has 1 saturated heterocycles. The third-order valence-electron chi connectivity index (χ3n) is 3.53. The molecule has 0 spiro atoms. The molecule has 0 bridgehead atoms. The van der Waals surface area contributed by atoms with Gasteiger partial charge in [0.15, 0.2) is 0 Å². The number of rotatable bonds is 3. The van der Waals surface area contributed by atoms with Crippen molar-refractivity contribution in [3.8, 4) is 0 Å². The quantitative estimate of drug-likeness (QED) is 0.825. The van der Waals surface area contributed by atoms with Gasteiger partial charge in [0.1, 0.15) is 0 Å². The molecule has 5 nitrogen and oxygen atoms in total. The highest BCUT2D eigenvalue weighted by Gasteiger charge is 2.29. The summed E-state index contributed by atoms with van der Waals surface area (Å²) >= 11 is 0. The number of hydrogen-bond acceptors (Lipinski definition) is 4. The van der Waals surface area contributed by atoms with E-state index in [1.54, 1.807) is 12.1 Å². The van der Waals surface area contributed by atoms with Gasteiger partial charge in [-0.05, 0) is 39.0 Å². The van der Waals surface area contributed by atoms with Crippen LogP contribution < -0.4 is 11.1 Å². The van der Waals surface area contributed by atoms with E-state index in [9.17, 15) is 4.79 Å². The molecule has 1 aliphatic heterocycles. The monoisotopic (exact) mass is 277 g/mol. The average Bonchev–Trinajstić information content (AvgIpc) is 2.36. The summed E-state index contributed by atoms with van der Waals surface area (Å²) in [5.74, 6) is -0.0168. The summed E-state index contributed by atoms with van der Waals surface area (Å²) in [5.41, 5.74) is 7.09. The third kappa shape index (κ3) is 3.71. The number of ether oxygens (including phenoxy) is 1. The zero-order valence-corrected chi connectivity index (χ0v) is 12.3. The molecule has 5 heteroatoms. The van der Waals surface area contributed by atoms with Gasteiger partial charge in [-0.3, -0.25) is 9.69 Å². The van der Waals surface area contributed by atoms with Crippen LogP contribution in [0.25, 0.3) is 0 Å². The van der Waals surface area contributed by atoms with Gasteiger partial charge in [0, 0.05) is 24.5 Å². The number of hydrogen-bond donors (Lipinski definition) is 2. The predicted molar refractivity (Wildman–Crippen MR) is 80.5 cm³/mol. The Morgan fingerprint density at radius 2 is 2.05 bits per heavy atom. The van der Waals surface area contributed by atoms with E-state index < -0.39 is 0 Å². The first-order chi connectivity index (χ1) is 9.45. The van der Waals surface area contributed by atoms with Crippen LogP contribution >= 0.6 is 0 Å². The Bertz CT molecular complexity index is 468. The predicted octanol–water partition coefficient (Wildman–Crippen LogP) is 1.71. The van der Waals surface area contributed by atoms with Gasteiger partial charge in [0.2, 0.25) is 5.91 Å². The Kier molecular flexibility index (Phi) is 4.62. The second-order valence-electron chi connectivity index (χ2n) is 5.50. The number of nitrogens with zero attached hydrogens (tertiary/aromatic N) is 1. The number of carbonyl (C=O) groups excluding carboxylic acids is 1. The lowest BCUT2D eigenvalue weighted by Gasteiger charge is -2.38. The molecule has 3 atom stereocenters. The van der Waals surface area contributed by atoms with Crippen molar-refractivity contribution in [2.24, 2.45) is 0 Å². The molecular weight excluding hydrogens is 254 g/mol. The zero-order chi connectivity index (χ0) is 14.7. The van der Waals surface area contributed by atoms with E-state index >= 15 is 0 Å². The second-order valence-corrected chi connectivity index (χ2v) is 5.50. The third-order valence-corrected chi connectivity index (χ3v) is 3.53. The molecule has 0 saturated carbocycles. The van der Waals surface area contributed by atoms with Gasteiger partial charge in [-0.2, -0.15) is 0 Å². The normalized spacial score (nSPS) is 25.1. The van der Waals surface area contributed by atoms with Gasteiger partial charge < -0.3 is 15.8 Å². The van der Waals surface area contributed by atoms with Gasteiger partial charge in [-0.1, -0.05) is 6.07 Å². The van der Waals surface area contributed by atoms with E-state index in [-0.39, 0.29) is 24.2 Å². The molecule has 1 aromatic carbocycles. The minimum Gasteiger partial charge on any atom is -0.399 e. The van der Waals surface area contributed by atoms with Crippen LogP contribution in [0.2, 0.25) is 0 Å². The Balaban J connectivity index is 1.98. The molecule has 1 amide bonds. The number of nitrogens with one attached hydrogen (secondary N) is 1. The Morgan fingerprint density at radius 3 is 2.65 bits per heavy atom. The van der Waals surface area contributed by atoms with Crippen LogP contribution in [0.5, 0.6) is 0 Å². The fourth-order valence-electron chi connectivity index (χ4n) is 2.56. The highest BCUT2D eigenvalue weighted by atomic mass is 16.5. The summed E-state index contributed by atoms with van der Waals surface area (Å²) < 4.78 is 5.69. The summed E-state index contributed by atoms with van der Waals surface area (Å²) in [5, 5.41) is 2.91. The van der Waals surface area contributed by atoms with Crippen molar-refractivity contribution < 1.29 is 9.53 Å². The topological polar surface area (TPSA) is 67.6 Å². The molecular formula is C15H23N3O2. The minimum absolute atomic E-state index is 0.0168. The van der Waals surface area contributed by atoms with Crippen molar-refractivity contribution in [2.45, 2.75) is 39.0 Å². The van der Waals surface area contributed by atoms with Crippen molar-refractivity contribution in [2.75, 3.05) is 24.1 Å². The van der Waals surface area contributed by atoms with Crippen molar-refractivity contribution >= 4 is 17.3 Å². The Hall–Kier alpha value is -1.59. The van der Waals surface area contributed by atoms with Crippen LogP contribution in [0.4, 0.5) is 11.4 Å². The molecule has 1 fully saturated rings.